The maximum atomic E-state index is 12.1. The first-order chi connectivity index (χ1) is 8.31. The average Bonchev–Trinajstić information content (AvgIpc) is 2.20. The second-order valence-electron chi connectivity index (χ2n) is 7.41. The molecule has 1 unspecified atom stereocenters. The van der Waals surface area contributed by atoms with E-state index in [9.17, 15) is 4.21 Å². The van der Waals surface area contributed by atoms with Gasteiger partial charge in [0.15, 0.2) is 8.32 Å². The van der Waals surface area contributed by atoms with E-state index < -0.39 is 19.3 Å². The van der Waals surface area contributed by atoms with E-state index in [4.69, 9.17) is 4.43 Å². The fourth-order valence-corrected chi connectivity index (χ4v) is 2.80. The van der Waals surface area contributed by atoms with Crippen molar-refractivity contribution in [2.24, 2.45) is 0 Å². The Labute approximate surface area is 122 Å². The summed E-state index contributed by atoms with van der Waals surface area (Å²) >= 11 is 0. The maximum absolute atomic E-state index is 12.1. The quantitative estimate of drug-likeness (QED) is 0.601. The summed E-state index contributed by atoms with van der Waals surface area (Å²) in [6.45, 7) is 21.2. The van der Waals surface area contributed by atoms with Gasteiger partial charge in [-0.1, -0.05) is 26.8 Å². The van der Waals surface area contributed by atoms with Crippen LogP contribution < -0.4 is 4.72 Å². The Morgan fingerprint density at radius 1 is 1.26 bits per heavy atom. The molecule has 0 aliphatic rings. The second-order valence-corrected chi connectivity index (χ2v) is 14.2. The van der Waals surface area contributed by atoms with Crippen LogP contribution in [0, 0.1) is 0 Å². The molecule has 0 aromatic carbocycles. The largest absolute Gasteiger partial charge is 0.415 e. The number of rotatable bonds is 6. The molecule has 0 saturated carbocycles. The lowest BCUT2D eigenvalue weighted by molar-refractivity contribution is 0.273. The van der Waals surface area contributed by atoms with Gasteiger partial charge in [-0.25, -0.2) is 8.93 Å². The van der Waals surface area contributed by atoms with Crippen LogP contribution in [0.4, 0.5) is 0 Å². The Balaban J connectivity index is 4.53. The lowest BCUT2D eigenvalue weighted by atomic mass is 10.2. The van der Waals surface area contributed by atoms with E-state index in [0.29, 0.717) is 6.61 Å². The van der Waals surface area contributed by atoms with Gasteiger partial charge in [0, 0.05) is 0 Å². The van der Waals surface area contributed by atoms with Gasteiger partial charge in [0.25, 0.3) is 0 Å². The van der Waals surface area contributed by atoms with Crippen LogP contribution in [0.15, 0.2) is 12.7 Å². The molecule has 0 aliphatic heterocycles. The molecule has 0 heterocycles. The molecule has 19 heavy (non-hydrogen) atoms. The molecule has 5 heteroatoms. The molecule has 2 atom stereocenters. The molecule has 0 fully saturated rings. The molecule has 0 saturated heterocycles. The average molecular weight is 306 g/mol. The highest BCUT2D eigenvalue weighted by atomic mass is 32.2. The fourth-order valence-electron chi connectivity index (χ4n) is 0.979. The monoisotopic (exact) mass is 305 g/mol. The Kier molecular flexibility index (Phi) is 6.66. The molecule has 0 aromatic rings. The zero-order valence-corrected chi connectivity index (χ0v) is 15.6. The molecule has 0 bridgehead atoms. The summed E-state index contributed by atoms with van der Waals surface area (Å²) in [6, 6.07) is -0.0748. The lowest BCUT2D eigenvalue weighted by Gasteiger charge is -2.37. The minimum Gasteiger partial charge on any atom is -0.415 e. The molecular formula is C14H31NO2SSi. The van der Waals surface area contributed by atoms with Crippen molar-refractivity contribution in [3.8, 4) is 0 Å². The van der Waals surface area contributed by atoms with E-state index in [-0.39, 0.29) is 15.8 Å². The zero-order chi connectivity index (χ0) is 15.5. The van der Waals surface area contributed by atoms with E-state index in [1.54, 1.807) is 6.08 Å². The standard InChI is InChI=1S/C14H31NO2SSi/c1-10-12(15-18(16)13(2,3)4)11-17-19(8,9)14(5,6)7/h10,12,15H,1,11H2,2-9H3/t12-,18?/m0/s1. The first kappa shape index (κ1) is 19.0. The van der Waals surface area contributed by atoms with E-state index >= 15 is 0 Å². The highest BCUT2D eigenvalue weighted by Gasteiger charge is 2.37. The van der Waals surface area contributed by atoms with Crippen LogP contribution >= 0.6 is 0 Å². The van der Waals surface area contributed by atoms with Gasteiger partial charge in [-0.3, -0.25) is 0 Å². The van der Waals surface area contributed by atoms with Crippen molar-refractivity contribution in [3.05, 3.63) is 12.7 Å². The molecule has 0 aliphatic carbocycles. The van der Waals surface area contributed by atoms with Gasteiger partial charge in [-0.05, 0) is 38.9 Å². The van der Waals surface area contributed by atoms with Crippen LogP contribution in [-0.2, 0) is 15.4 Å². The molecule has 0 spiro atoms. The maximum Gasteiger partial charge on any atom is 0.192 e. The molecule has 0 rings (SSSR count). The van der Waals surface area contributed by atoms with Gasteiger partial charge in [-0.15, -0.1) is 6.58 Å². The summed E-state index contributed by atoms with van der Waals surface area (Å²) in [4.78, 5) is 0. The van der Waals surface area contributed by atoms with Gasteiger partial charge < -0.3 is 4.43 Å². The highest BCUT2D eigenvalue weighted by molar-refractivity contribution is 7.84. The van der Waals surface area contributed by atoms with Gasteiger partial charge >= 0.3 is 0 Å². The number of hydrogen-bond acceptors (Lipinski definition) is 2. The minimum atomic E-state index is -1.77. The van der Waals surface area contributed by atoms with E-state index in [2.05, 4.69) is 45.2 Å². The van der Waals surface area contributed by atoms with Gasteiger partial charge in [0.05, 0.1) is 28.4 Å². The molecule has 0 aromatic heterocycles. The predicted molar refractivity (Wildman–Crippen MR) is 88.2 cm³/mol. The van der Waals surface area contributed by atoms with E-state index in [1.807, 2.05) is 20.8 Å². The van der Waals surface area contributed by atoms with Crippen LogP contribution in [0.25, 0.3) is 0 Å². The second kappa shape index (κ2) is 6.65. The van der Waals surface area contributed by atoms with Crippen LogP contribution in [-0.4, -0.2) is 29.9 Å². The van der Waals surface area contributed by atoms with Crippen molar-refractivity contribution < 1.29 is 8.63 Å². The molecule has 1 N–H and O–H groups in total. The minimum absolute atomic E-state index is 0.0748. The SMILES string of the molecule is C=C[C@@H](CO[Si](C)(C)C(C)(C)C)NS(=O)C(C)(C)C. The van der Waals surface area contributed by atoms with Gasteiger partial charge in [0.2, 0.25) is 0 Å². The molecule has 0 amide bonds. The first-order valence-corrected chi connectivity index (χ1v) is 10.8. The van der Waals surface area contributed by atoms with Crippen molar-refractivity contribution in [2.75, 3.05) is 6.61 Å². The summed E-state index contributed by atoms with van der Waals surface area (Å²) in [5, 5.41) is 0.182. The number of hydrogen-bond donors (Lipinski definition) is 1. The Morgan fingerprint density at radius 3 is 2.05 bits per heavy atom. The molecule has 0 radical (unpaired) electrons. The number of nitrogens with one attached hydrogen (secondary N) is 1. The highest BCUT2D eigenvalue weighted by Crippen LogP contribution is 2.36. The van der Waals surface area contributed by atoms with Crippen molar-refractivity contribution in [1.82, 2.24) is 4.72 Å². The molecule has 114 valence electrons. The Bertz CT molecular complexity index is 329. The lowest BCUT2D eigenvalue weighted by Crippen LogP contribution is -2.46. The van der Waals surface area contributed by atoms with Crippen molar-refractivity contribution in [1.29, 1.82) is 0 Å². The Hall–Kier alpha value is 0.0269. The van der Waals surface area contributed by atoms with Crippen molar-refractivity contribution >= 4 is 19.3 Å². The van der Waals surface area contributed by atoms with Crippen molar-refractivity contribution in [2.45, 2.75) is 70.5 Å². The van der Waals surface area contributed by atoms with Gasteiger partial charge in [0.1, 0.15) is 0 Å². The third-order valence-corrected chi connectivity index (χ3v) is 9.66. The molecule has 3 nitrogen and oxygen atoms in total. The summed E-state index contributed by atoms with van der Waals surface area (Å²) in [5.41, 5.74) is 0. The third-order valence-electron chi connectivity index (χ3n) is 3.53. The van der Waals surface area contributed by atoms with Crippen LogP contribution in [0.1, 0.15) is 41.5 Å². The van der Waals surface area contributed by atoms with Crippen molar-refractivity contribution in [3.63, 3.8) is 0 Å². The normalized spacial score (nSPS) is 17.1. The molecular weight excluding hydrogens is 274 g/mol. The van der Waals surface area contributed by atoms with E-state index in [0.717, 1.165) is 0 Å². The van der Waals surface area contributed by atoms with Crippen LogP contribution in [0.3, 0.4) is 0 Å². The van der Waals surface area contributed by atoms with Crippen LogP contribution in [0.5, 0.6) is 0 Å². The third kappa shape index (κ3) is 6.34. The zero-order valence-electron chi connectivity index (χ0n) is 13.8. The van der Waals surface area contributed by atoms with Crippen LogP contribution in [0.2, 0.25) is 18.1 Å². The summed E-state index contributed by atoms with van der Waals surface area (Å²) < 4.78 is 21.0. The van der Waals surface area contributed by atoms with Gasteiger partial charge in [-0.2, -0.15) is 0 Å². The first-order valence-electron chi connectivity index (χ1n) is 6.76. The summed E-state index contributed by atoms with van der Waals surface area (Å²) in [6.07, 6.45) is 1.77. The predicted octanol–water partition coefficient (Wildman–Crippen LogP) is 3.61. The van der Waals surface area contributed by atoms with E-state index in [1.165, 1.54) is 0 Å². The summed E-state index contributed by atoms with van der Waals surface area (Å²) in [7, 11) is -2.87. The Morgan fingerprint density at radius 2 is 1.74 bits per heavy atom. The summed E-state index contributed by atoms with van der Waals surface area (Å²) in [5.74, 6) is 0. The topological polar surface area (TPSA) is 38.3 Å². The fraction of sp³-hybridized carbons (Fsp3) is 0.857. The smallest absolute Gasteiger partial charge is 0.192 e.